The van der Waals surface area contributed by atoms with Crippen molar-refractivity contribution in [3.8, 4) is 0 Å². The molecule has 0 unspecified atom stereocenters. The van der Waals surface area contributed by atoms with Gasteiger partial charge in [-0.2, -0.15) is 0 Å². The van der Waals surface area contributed by atoms with Gasteiger partial charge in [0.15, 0.2) is 0 Å². The predicted molar refractivity (Wildman–Crippen MR) is 39.0 cm³/mol. The fraction of sp³-hybridized carbons (Fsp3) is 0.500. The van der Waals surface area contributed by atoms with E-state index in [9.17, 15) is 0 Å². The highest BCUT2D eigenvalue weighted by atomic mass is 32.2. The Labute approximate surface area is 54.0 Å². The van der Waals surface area contributed by atoms with Crippen LogP contribution in [0.1, 0.15) is 13.8 Å². The molecule has 0 saturated carbocycles. The first-order valence-corrected chi connectivity index (χ1v) is 3.42. The summed E-state index contributed by atoms with van der Waals surface area (Å²) in [7, 11) is 0. The Morgan fingerprint density at radius 1 is 1.50 bits per heavy atom. The van der Waals surface area contributed by atoms with Crippen LogP contribution in [0.4, 0.5) is 0 Å². The summed E-state index contributed by atoms with van der Waals surface area (Å²) in [6, 6.07) is 0. The molecule has 0 aromatic carbocycles. The first-order valence-electron chi connectivity index (χ1n) is 2.59. The molecule has 0 spiro atoms. The monoisotopic (exact) mass is 127 g/mol. The van der Waals surface area contributed by atoms with Crippen molar-refractivity contribution in [1.82, 2.24) is 0 Å². The normalized spacial score (nSPS) is 23.8. The summed E-state index contributed by atoms with van der Waals surface area (Å²) in [6.07, 6.45) is 4.10. The number of hydrogen-bond donors (Lipinski definition) is 0. The van der Waals surface area contributed by atoms with E-state index in [4.69, 9.17) is 0 Å². The predicted octanol–water partition coefficient (Wildman–Crippen LogP) is 2.26. The van der Waals surface area contributed by atoms with Gasteiger partial charge in [-0.3, -0.25) is 0 Å². The van der Waals surface area contributed by atoms with Gasteiger partial charge in [-0.05, 0) is 5.41 Å². The smallest absolute Gasteiger partial charge is 0.0224 e. The summed E-state index contributed by atoms with van der Waals surface area (Å²) >= 11 is 1.49. The molecule has 0 saturated heterocycles. The van der Waals surface area contributed by atoms with Gasteiger partial charge in [-0.15, -0.1) is 0 Å². The molecule has 0 aromatic heterocycles. The zero-order chi connectivity index (χ0) is 6.04. The van der Waals surface area contributed by atoms with Crippen LogP contribution in [0.15, 0.2) is 15.9 Å². The van der Waals surface area contributed by atoms with Crippen molar-refractivity contribution in [3.05, 3.63) is 11.5 Å². The SMILES string of the molecule is CC1(C)C=CSN=C1. The minimum Gasteiger partial charge on any atom is -0.224 e. The summed E-state index contributed by atoms with van der Waals surface area (Å²) in [6.45, 7) is 4.26. The van der Waals surface area contributed by atoms with Gasteiger partial charge in [0.1, 0.15) is 0 Å². The van der Waals surface area contributed by atoms with E-state index in [1.54, 1.807) is 0 Å². The van der Waals surface area contributed by atoms with Crippen molar-refractivity contribution < 1.29 is 0 Å². The largest absolute Gasteiger partial charge is 0.224 e. The van der Waals surface area contributed by atoms with Gasteiger partial charge < -0.3 is 0 Å². The fourth-order valence-corrected chi connectivity index (χ4v) is 1.26. The lowest BCUT2D eigenvalue weighted by Gasteiger charge is -2.14. The van der Waals surface area contributed by atoms with Crippen LogP contribution in [0.3, 0.4) is 0 Å². The first kappa shape index (κ1) is 5.89. The minimum absolute atomic E-state index is 0.186. The van der Waals surface area contributed by atoms with Gasteiger partial charge in [0.05, 0.1) is 0 Å². The van der Waals surface area contributed by atoms with Crippen molar-refractivity contribution in [2.75, 3.05) is 0 Å². The molecule has 1 rings (SSSR count). The van der Waals surface area contributed by atoms with Crippen LogP contribution in [0.5, 0.6) is 0 Å². The van der Waals surface area contributed by atoms with E-state index in [0.717, 1.165) is 0 Å². The third kappa shape index (κ3) is 1.37. The standard InChI is InChI=1S/C6H9NS/c1-6(2)3-4-8-7-5-6/h3-5H,1-2H3. The van der Waals surface area contributed by atoms with Crippen molar-refractivity contribution in [2.45, 2.75) is 13.8 Å². The minimum atomic E-state index is 0.186. The van der Waals surface area contributed by atoms with Gasteiger partial charge >= 0.3 is 0 Å². The van der Waals surface area contributed by atoms with Crippen LogP contribution in [0, 0.1) is 5.41 Å². The summed E-state index contributed by atoms with van der Waals surface area (Å²) in [4.78, 5) is 0. The van der Waals surface area contributed by atoms with E-state index in [0.29, 0.717) is 0 Å². The highest BCUT2D eigenvalue weighted by Gasteiger charge is 2.11. The molecular weight excluding hydrogens is 118 g/mol. The molecule has 2 heteroatoms. The van der Waals surface area contributed by atoms with Gasteiger partial charge in [0.25, 0.3) is 0 Å². The van der Waals surface area contributed by atoms with Crippen LogP contribution >= 0.6 is 11.9 Å². The second-order valence-electron chi connectivity index (χ2n) is 2.46. The third-order valence-corrected chi connectivity index (χ3v) is 1.49. The van der Waals surface area contributed by atoms with Gasteiger partial charge in [0, 0.05) is 23.6 Å². The Kier molecular flexibility index (Phi) is 1.43. The summed E-state index contributed by atoms with van der Waals surface area (Å²) in [5.41, 5.74) is 0.186. The van der Waals surface area contributed by atoms with Crippen LogP contribution in [-0.4, -0.2) is 6.21 Å². The Morgan fingerprint density at radius 3 is 2.50 bits per heavy atom. The maximum absolute atomic E-state index is 4.03. The Morgan fingerprint density at radius 2 is 2.25 bits per heavy atom. The molecule has 0 atom stereocenters. The maximum atomic E-state index is 4.03. The Balaban J connectivity index is 2.69. The van der Waals surface area contributed by atoms with Gasteiger partial charge in [0.2, 0.25) is 0 Å². The lowest BCUT2D eigenvalue weighted by molar-refractivity contribution is 0.695. The Bertz CT molecular complexity index is 121. The van der Waals surface area contributed by atoms with E-state index >= 15 is 0 Å². The van der Waals surface area contributed by atoms with Gasteiger partial charge in [-0.25, -0.2) is 4.40 Å². The summed E-state index contributed by atoms with van der Waals surface area (Å²) in [5, 5.41) is 2.01. The highest BCUT2D eigenvalue weighted by molar-refractivity contribution is 8.01. The molecule has 0 N–H and O–H groups in total. The molecule has 8 heavy (non-hydrogen) atoms. The molecule has 0 bridgehead atoms. The van der Waals surface area contributed by atoms with Gasteiger partial charge in [-0.1, -0.05) is 19.9 Å². The van der Waals surface area contributed by atoms with Crippen LogP contribution in [0.2, 0.25) is 0 Å². The number of hydrogen-bond acceptors (Lipinski definition) is 2. The molecule has 0 amide bonds. The number of rotatable bonds is 0. The quantitative estimate of drug-likeness (QED) is 0.455. The molecule has 0 fully saturated rings. The molecule has 0 aliphatic carbocycles. The lowest BCUT2D eigenvalue weighted by Crippen LogP contribution is -2.09. The first-order chi connectivity index (χ1) is 3.71. The van der Waals surface area contributed by atoms with Crippen LogP contribution in [-0.2, 0) is 0 Å². The van der Waals surface area contributed by atoms with Crippen molar-refractivity contribution in [2.24, 2.45) is 9.81 Å². The highest BCUT2D eigenvalue weighted by Crippen LogP contribution is 2.22. The van der Waals surface area contributed by atoms with Crippen LogP contribution in [0.25, 0.3) is 0 Å². The molecule has 1 aliphatic heterocycles. The second kappa shape index (κ2) is 1.94. The number of allylic oxidation sites excluding steroid dienone is 1. The molecule has 1 heterocycles. The van der Waals surface area contributed by atoms with Crippen LogP contribution < -0.4 is 0 Å². The van der Waals surface area contributed by atoms with E-state index in [1.807, 2.05) is 11.6 Å². The van der Waals surface area contributed by atoms with Crippen molar-refractivity contribution >= 4 is 18.2 Å². The lowest BCUT2D eigenvalue weighted by atomic mass is 9.96. The molecule has 1 aliphatic rings. The Hall–Kier alpha value is -0.240. The average Bonchev–Trinajstić information content (AvgIpc) is 1.65. The van der Waals surface area contributed by atoms with E-state index < -0.39 is 0 Å². The van der Waals surface area contributed by atoms with E-state index in [1.165, 1.54) is 11.9 Å². The molecule has 1 nitrogen and oxygen atoms in total. The topological polar surface area (TPSA) is 12.4 Å². The van der Waals surface area contributed by atoms with Crippen molar-refractivity contribution in [1.29, 1.82) is 0 Å². The number of nitrogens with zero attached hydrogens (tertiary/aromatic N) is 1. The second-order valence-corrected chi connectivity index (χ2v) is 3.16. The third-order valence-electron chi connectivity index (χ3n) is 1.00. The summed E-state index contributed by atoms with van der Waals surface area (Å²) < 4.78 is 4.03. The van der Waals surface area contributed by atoms with E-state index in [2.05, 4.69) is 24.3 Å². The zero-order valence-electron chi connectivity index (χ0n) is 5.09. The fourth-order valence-electron chi connectivity index (χ4n) is 0.450. The molecule has 44 valence electrons. The maximum Gasteiger partial charge on any atom is 0.0224 e. The zero-order valence-corrected chi connectivity index (χ0v) is 5.90. The molecule has 0 aromatic rings. The summed E-state index contributed by atoms with van der Waals surface area (Å²) in [5.74, 6) is 0. The molecule has 0 radical (unpaired) electrons. The van der Waals surface area contributed by atoms with E-state index in [-0.39, 0.29) is 5.41 Å². The van der Waals surface area contributed by atoms with Crippen molar-refractivity contribution in [3.63, 3.8) is 0 Å². The molecular formula is C6H9NS. The average molecular weight is 127 g/mol.